The number of hydrogen-bond donors (Lipinski definition) is 1. The molecule has 0 spiro atoms. The van der Waals surface area contributed by atoms with Gasteiger partial charge >= 0.3 is 0 Å². The number of imide groups is 1. The van der Waals surface area contributed by atoms with E-state index < -0.39 is 0 Å². The van der Waals surface area contributed by atoms with Gasteiger partial charge in [-0.15, -0.1) is 0 Å². The molecule has 2 heterocycles. The normalized spacial score (nSPS) is 12.4. The van der Waals surface area contributed by atoms with Crippen molar-refractivity contribution in [2.24, 2.45) is 0 Å². The van der Waals surface area contributed by atoms with E-state index in [1.165, 1.54) is 10.9 Å². The number of nitrogens with zero attached hydrogens (tertiary/aromatic N) is 2. The molecule has 1 atom stereocenters. The third kappa shape index (κ3) is 2.89. The smallest absolute Gasteiger partial charge is 0.226 e. The number of nitrogens with one attached hydrogen (secondary N) is 1. The van der Waals surface area contributed by atoms with Crippen molar-refractivity contribution in [3.8, 4) is 0 Å². The van der Waals surface area contributed by atoms with Gasteiger partial charge in [-0.25, -0.2) is 4.98 Å². The summed E-state index contributed by atoms with van der Waals surface area (Å²) >= 11 is 0. The number of aromatic nitrogens is 2. The highest BCUT2D eigenvalue weighted by atomic mass is 16.2. The van der Waals surface area contributed by atoms with Crippen LogP contribution >= 0.6 is 0 Å². The lowest BCUT2D eigenvalue weighted by Crippen LogP contribution is -2.21. The van der Waals surface area contributed by atoms with Crippen molar-refractivity contribution in [1.82, 2.24) is 14.9 Å². The fourth-order valence-corrected chi connectivity index (χ4v) is 3.16. The van der Waals surface area contributed by atoms with Crippen LogP contribution in [-0.2, 0) is 16.0 Å². The van der Waals surface area contributed by atoms with E-state index in [0.717, 1.165) is 23.0 Å². The van der Waals surface area contributed by atoms with Crippen molar-refractivity contribution in [1.29, 1.82) is 0 Å². The largest absolute Gasteiger partial charge is 0.322 e. The first-order valence-corrected chi connectivity index (χ1v) is 8.26. The minimum absolute atomic E-state index is 0.102. The van der Waals surface area contributed by atoms with E-state index in [1.54, 1.807) is 0 Å². The molecule has 2 amide bonds. The maximum atomic E-state index is 11.6. The van der Waals surface area contributed by atoms with Crippen LogP contribution in [0.15, 0.2) is 36.5 Å². The summed E-state index contributed by atoms with van der Waals surface area (Å²) in [6, 6.07) is 10.6. The average Bonchev–Trinajstić information content (AvgIpc) is 2.93. The number of pyridine rings is 1. The predicted molar refractivity (Wildman–Crippen MR) is 94.8 cm³/mol. The van der Waals surface area contributed by atoms with Gasteiger partial charge in [0.05, 0.1) is 5.52 Å². The van der Waals surface area contributed by atoms with Crippen molar-refractivity contribution in [2.75, 3.05) is 0 Å². The van der Waals surface area contributed by atoms with E-state index in [4.69, 9.17) is 0 Å². The van der Waals surface area contributed by atoms with Crippen LogP contribution in [0.25, 0.3) is 21.9 Å². The van der Waals surface area contributed by atoms with Crippen LogP contribution in [0.1, 0.15) is 38.3 Å². The van der Waals surface area contributed by atoms with Gasteiger partial charge in [-0.2, -0.15) is 0 Å². The summed E-state index contributed by atoms with van der Waals surface area (Å²) in [4.78, 5) is 26.6. The summed E-state index contributed by atoms with van der Waals surface area (Å²) in [5, 5.41) is 4.52. The van der Waals surface area contributed by atoms with Crippen molar-refractivity contribution in [2.45, 2.75) is 39.2 Å². The number of rotatable bonds is 6. The van der Waals surface area contributed by atoms with Gasteiger partial charge in [-0.1, -0.05) is 25.1 Å². The van der Waals surface area contributed by atoms with Crippen molar-refractivity contribution < 1.29 is 9.59 Å². The average molecular weight is 323 g/mol. The second-order valence-corrected chi connectivity index (χ2v) is 6.03. The number of aryl methyl sites for hydroxylation is 1. The third-order valence-electron chi connectivity index (χ3n) is 4.46. The van der Waals surface area contributed by atoms with Gasteiger partial charge in [0.25, 0.3) is 0 Å². The summed E-state index contributed by atoms with van der Waals surface area (Å²) in [5.74, 6) is -0.251. The SMILES string of the molecule is CCc1cnc2c(c1)c1ccccc1n2C(C)CCC(=O)NC=O. The van der Waals surface area contributed by atoms with Crippen LogP contribution in [0, 0.1) is 0 Å². The van der Waals surface area contributed by atoms with Crippen LogP contribution < -0.4 is 5.32 Å². The number of benzene rings is 1. The minimum atomic E-state index is -0.251. The van der Waals surface area contributed by atoms with Gasteiger partial charge in [-0.05, 0) is 37.5 Å². The Morgan fingerprint density at radius 1 is 1.33 bits per heavy atom. The summed E-state index contributed by atoms with van der Waals surface area (Å²) in [6.07, 6.45) is 4.25. The fraction of sp³-hybridized carbons (Fsp3) is 0.316. The Morgan fingerprint density at radius 3 is 2.88 bits per heavy atom. The number of amides is 2. The highest BCUT2D eigenvalue weighted by Gasteiger charge is 2.17. The molecule has 5 nitrogen and oxygen atoms in total. The molecule has 1 aromatic carbocycles. The van der Waals surface area contributed by atoms with E-state index in [-0.39, 0.29) is 11.9 Å². The first kappa shape index (κ1) is 16.2. The zero-order valence-corrected chi connectivity index (χ0v) is 14.0. The Morgan fingerprint density at radius 2 is 2.12 bits per heavy atom. The van der Waals surface area contributed by atoms with Crippen LogP contribution in [0.3, 0.4) is 0 Å². The molecule has 3 rings (SSSR count). The van der Waals surface area contributed by atoms with Crippen LogP contribution in [0.5, 0.6) is 0 Å². The van der Waals surface area contributed by atoms with E-state index in [2.05, 4.69) is 46.9 Å². The highest BCUT2D eigenvalue weighted by Crippen LogP contribution is 2.32. The number of carbonyl (C=O) groups excluding carboxylic acids is 2. The molecule has 5 heteroatoms. The van der Waals surface area contributed by atoms with E-state index >= 15 is 0 Å². The molecular weight excluding hydrogens is 302 g/mol. The maximum Gasteiger partial charge on any atom is 0.226 e. The Kier molecular flexibility index (Phi) is 4.60. The lowest BCUT2D eigenvalue weighted by atomic mass is 10.1. The van der Waals surface area contributed by atoms with Gasteiger partial charge in [0.2, 0.25) is 12.3 Å². The standard InChI is InChI=1S/C19H21N3O2/c1-3-14-10-16-15-6-4-5-7-17(15)22(19(16)20-11-14)13(2)8-9-18(24)21-12-23/h4-7,10-13H,3,8-9H2,1-2H3,(H,21,23,24). The van der Waals surface area contributed by atoms with Crippen LogP contribution in [0.4, 0.5) is 0 Å². The van der Waals surface area contributed by atoms with Gasteiger partial charge in [0, 0.05) is 29.4 Å². The summed E-state index contributed by atoms with van der Waals surface area (Å²) in [7, 11) is 0. The summed E-state index contributed by atoms with van der Waals surface area (Å²) in [5.41, 5.74) is 3.27. The first-order chi connectivity index (χ1) is 11.7. The molecule has 0 saturated heterocycles. The van der Waals surface area contributed by atoms with Gasteiger partial charge in [0.15, 0.2) is 0 Å². The second kappa shape index (κ2) is 6.83. The molecule has 0 bridgehead atoms. The summed E-state index contributed by atoms with van der Waals surface area (Å²) in [6.45, 7) is 4.20. The molecule has 24 heavy (non-hydrogen) atoms. The lowest BCUT2D eigenvalue weighted by Gasteiger charge is -2.15. The van der Waals surface area contributed by atoms with Crippen LogP contribution in [0.2, 0.25) is 0 Å². The molecule has 0 saturated carbocycles. The third-order valence-corrected chi connectivity index (χ3v) is 4.46. The number of fused-ring (bicyclic) bond motifs is 3. The van der Waals surface area contributed by atoms with E-state index in [9.17, 15) is 9.59 Å². The summed E-state index contributed by atoms with van der Waals surface area (Å²) < 4.78 is 2.19. The van der Waals surface area contributed by atoms with Crippen molar-refractivity contribution in [3.63, 3.8) is 0 Å². The zero-order valence-electron chi connectivity index (χ0n) is 14.0. The molecule has 3 aromatic rings. The van der Waals surface area contributed by atoms with E-state index in [0.29, 0.717) is 19.3 Å². The lowest BCUT2D eigenvalue weighted by molar-refractivity contribution is -0.125. The van der Waals surface area contributed by atoms with Crippen molar-refractivity contribution in [3.05, 3.63) is 42.1 Å². The molecule has 0 fully saturated rings. The first-order valence-electron chi connectivity index (χ1n) is 8.26. The number of para-hydroxylation sites is 1. The minimum Gasteiger partial charge on any atom is -0.322 e. The van der Waals surface area contributed by atoms with Crippen molar-refractivity contribution >= 4 is 34.3 Å². The zero-order chi connectivity index (χ0) is 17.1. The van der Waals surface area contributed by atoms with Gasteiger partial charge in [0.1, 0.15) is 5.65 Å². The van der Waals surface area contributed by atoms with Gasteiger partial charge < -0.3 is 4.57 Å². The van der Waals surface area contributed by atoms with E-state index in [1.807, 2.05) is 18.3 Å². The second-order valence-electron chi connectivity index (χ2n) is 6.03. The Bertz CT molecular complexity index is 898. The molecule has 0 aliphatic heterocycles. The monoisotopic (exact) mass is 323 g/mol. The molecular formula is C19H21N3O2. The fourth-order valence-electron chi connectivity index (χ4n) is 3.16. The highest BCUT2D eigenvalue weighted by molar-refractivity contribution is 6.06. The molecule has 2 aromatic heterocycles. The maximum absolute atomic E-state index is 11.6. The Balaban J connectivity index is 2.05. The Labute approximate surface area is 140 Å². The molecule has 1 unspecified atom stereocenters. The van der Waals surface area contributed by atoms with Gasteiger partial charge in [-0.3, -0.25) is 14.9 Å². The topological polar surface area (TPSA) is 64.0 Å². The quantitative estimate of drug-likeness (QED) is 0.707. The number of hydrogen-bond acceptors (Lipinski definition) is 3. The molecule has 0 radical (unpaired) electrons. The van der Waals surface area contributed by atoms with Crippen LogP contribution in [-0.4, -0.2) is 21.9 Å². The number of carbonyl (C=O) groups is 2. The molecule has 0 aliphatic rings. The molecule has 1 N–H and O–H groups in total. The Hall–Kier alpha value is -2.69. The molecule has 0 aliphatic carbocycles. The predicted octanol–water partition coefficient (Wildman–Crippen LogP) is 3.37. The molecule has 124 valence electrons.